The molecule has 0 aliphatic carbocycles. The average molecular weight is 351 g/mol. The van der Waals surface area contributed by atoms with Crippen molar-refractivity contribution in [2.24, 2.45) is 0 Å². The van der Waals surface area contributed by atoms with Gasteiger partial charge in [-0.25, -0.2) is 4.79 Å². The average Bonchev–Trinajstić information content (AvgIpc) is 2.99. The summed E-state index contributed by atoms with van der Waals surface area (Å²) in [6, 6.07) is 0.0747. The van der Waals surface area contributed by atoms with E-state index in [-0.39, 0.29) is 30.0 Å². The van der Waals surface area contributed by atoms with Gasteiger partial charge in [-0.1, -0.05) is 0 Å². The van der Waals surface area contributed by atoms with Gasteiger partial charge in [0, 0.05) is 37.4 Å². The second kappa shape index (κ2) is 7.51. The Morgan fingerprint density at radius 1 is 1.20 bits per heavy atom. The van der Waals surface area contributed by atoms with E-state index in [1.807, 2.05) is 0 Å². The fraction of sp³-hybridized carbons (Fsp3) is 0.688. The fourth-order valence-electron chi connectivity index (χ4n) is 3.45. The molecule has 9 heteroatoms. The zero-order valence-corrected chi connectivity index (χ0v) is 14.6. The standard InChI is InChI=1S/C16H25N5O4/c1-10-11(15(23)19-16(24)17-10)7-14(22)18-12-8-25-9-13(12)21-5-3-20(2)4-6-21/h12-13H,3-9H2,1-2H3,(H,18,22)(H2,17,19,23,24)/t12-,13-/m0/s1. The van der Waals surface area contributed by atoms with E-state index >= 15 is 0 Å². The van der Waals surface area contributed by atoms with Crippen LogP contribution in [0.2, 0.25) is 0 Å². The molecular weight excluding hydrogens is 326 g/mol. The molecule has 1 amide bonds. The number of nitrogens with one attached hydrogen (secondary N) is 3. The van der Waals surface area contributed by atoms with E-state index in [0.717, 1.165) is 26.2 Å². The summed E-state index contributed by atoms with van der Waals surface area (Å²) in [6.07, 6.45) is -0.0656. The van der Waals surface area contributed by atoms with Gasteiger partial charge in [0.05, 0.1) is 31.7 Å². The first-order valence-corrected chi connectivity index (χ1v) is 8.56. The SMILES string of the molecule is Cc1[nH]c(=O)[nH]c(=O)c1CC(=O)N[C@H]1COC[C@@H]1N1CCN(C)CC1. The van der Waals surface area contributed by atoms with E-state index in [1.54, 1.807) is 6.92 Å². The molecule has 9 nitrogen and oxygen atoms in total. The third kappa shape index (κ3) is 4.17. The highest BCUT2D eigenvalue weighted by Crippen LogP contribution is 2.15. The van der Waals surface area contributed by atoms with Crippen LogP contribution >= 0.6 is 0 Å². The van der Waals surface area contributed by atoms with Gasteiger partial charge in [-0.15, -0.1) is 0 Å². The van der Waals surface area contributed by atoms with E-state index < -0.39 is 11.2 Å². The van der Waals surface area contributed by atoms with E-state index in [1.165, 1.54) is 0 Å². The monoisotopic (exact) mass is 351 g/mol. The van der Waals surface area contributed by atoms with E-state index in [2.05, 4.69) is 32.1 Å². The molecule has 3 rings (SSSR count). The van der Waals surface area contributed by atoms with Gasteiger partial charge >= 0.3 is 5.69 Å². The maximum absolute atomic E-state index is 12.4. The van der Waals surface area contributed by atoms with Gasteiger partial charge in [0.25, 0.3) is 5.56 Å². The smallest absolute Gasteiger partial charge is 0.325 e. The topological polar surface area (TPSA) is 111 Å². The van der Waals surface area contributed by atoms with Crippen LogP contribution in [0.5, 0.6) is 0 Å². The molecule has 2 fully saturated rings. The van der Waals surface area contributed by atoms with Crippen molar-refractivity contribution in [2.45, 2.75) is 25.4 Å². The van der Waals surface area contributed by atoms with Gasteiger partial charge in [0.1, 0.15) is 0 Å². The first-order valence-electron chi connectivity index (χ1n) is 8.56. The van der Waals surface area contributed by atoms with Crippen LogP contribution < -0.4 is 16.6 Å². The van der Waals surface area contributed by atoms with Crippen molar-refractivity contribution in [1.29, 1.82) is 0 Å². The van der Waals surface area contributed by atoms with E-state index in [9.17, 15) is 14.4 Å². The maximum Gasteiger partial charge on any atom is 0.325 e. The number of aromatic nitrogens is 2. The molecule has 0 bridgehead atoms. The minimum atomic E-state index is -0.564. The zero-order chi connectivity index (χ0) is 18.0. The number of amides is 1. The van der Waals surface area contributed by atoms with Gasteiger partial charge in [-0.3, -0.25) is 19.5 Å². The second-order valence-corrected chi connectivity index (χ2v) is 6.81. The number of rotatable bonds is 4. The fourth-order valence-corrected chi connectivity index (χ4v) is 3.45. The number of aryl methyl sites for hydroxylation is 1. The molecule has 2 aliphatic heterocycles. The molecule has 0 saturated carbocycles. The minimum Gasteiger partial charge on any atom is -0.378 e. The molecular formula is C16H25N5O4. The Bertz CT molecular complexity index is 735. The summed E-state index contributed by atoms with van der Waals surface area (Å²) < 4.78 is 5.58. The lowest BCUT2D eigenvalue weighted by Crippen LogP contribution is -2.56. The Hall–Kier alpha value is -1.97. The van der Waals surface area contributed by atoms with Crippen LogP contribution in [0, 0.1) is 6.92 Å². The molecule has 3 heterocycles. The van der Waals surface area contributed by atoms with Gasteiger partial charge < -0.3 is 19.9 Å². The van der Waals surface area contributed by atoms with Gasteiger partial charge in [-0.2, -0.15) is 0 Å². The molecule has 2 aliphatic rings. The number of likely N-dealkylation sites (N-methyl/N-ethyl adjacent to an activating group) is 1. The van der Waals surface area contributed by atoms with Crippen LogP contribution in [0.4, 0.5) is 0 Å². The molecule has 1 aromatic heterocycles. The van der Waals surface area contributed by atoms with Crippen LogP contribution in [-0.2, 0) is 16.0 Å². The number of piperazine rings is 1. The minimum absolute atomic E-state index is 0.0656. The Labute approximate surface area is 145 Å². The Kier molecular flexibility index (Phi) is 5.36. The molecule has 3 N–H and O–H groups in total. The predicted molar refractivity (Wildman–Crippen MR) is 91.7 cm³/mol. The molecule has 25 heavy (non-hydrogen) atoms. The molecule has 1 aromatic rings. The number of nitrogens with zero attached hydrogens (tertiary/aromatic N) is 2. The lowest BCUT2D eigenvalue weighted by molar-refractivity contribution is -0.121. The normalized spacial score (nSPS) is 25.2. The Morgan fingerprint density at radius 3 is 2.60 bits per heavy atom. The summed E-state index contributed by atoms with van der Waals surface area (Å²) in [5.41, 5.74) is -0.380. The lowest BCUT2D eigenvalue weighted by atomic mass is 10.1. The third-order valence-electron chi connectivity index (χ3n) is 5.00. The van der Waals surface area contributed by atoms with Gasteiger partial charge in [0.15, 0.2) is 0 Å². The molecule has 2 atom stereocenters. The summed E-state index contributed by atoms with van der Waals surface area (Å²) in [4.78, 5) is 44.8. The summed E-state index contributed by atoms with van der Waals surface area (Å²) >= 11 is 0. The summed E-state index contributed by atoms with van der Waals surface area (Å²) in [5, 5.41) is 2.99. The third-order valence-corrected chi connectivity index (χ3v) is 5.00. The molecule has 2 saturated heterocycles. The largest absolute Gasteiger partial charge is 0.378 e. The summed E-state index contributed by atoms with van der Waals surface area (Å²) in [7, 11) is 2.10. The number of aromatic amines is 2. The van der Waals surface area contributed by atoms with Crippen molar-refractivity contribution in [3.05, 3.63) is 32.1 Å². The van der Waals surface area contributed by atoms with Crippen LogP contribution in [0.15, 0.2) is 9.59 Å². The highest BCUT2D eigenvalue weighted by Gasteiger charge is 2.35. The van der Waals surface area contributed by atoms with Crippen LogP contribution in [0.1, 0.15) is 11.3 Å². The van der Waals surface area contributed by atoms with E-state index in [4.69, 9.17) is 4.74 Å². The highest BCUT2D eigenvalue weighted by molar-refractivity contribution is 5.79. The van der Waals surface area contributed by atoms with Crippen LogP contribution in [0.25, 0.3) is 0 Å². The van der Waals surface area contributed by atoms with Crippen molar-refractivity contribution in [2.75, 3.05) is 46.4 Å². The predicted octanol–water partition coefficient (Wildman–Crippen LogP) is -1.95. The molecule has 0 aromatic carbocycles. The number of carbonyl (C=O) groups excluding carboxylic acids is 1. The molecule has 0 radical (unpaired) electrons. The quantitative estimate of drug-likeness (QED) is 0.581. The van der Waals surface area contributed by atoms with Crippen molar-refractivity contribution in [1.82, 2.24) is 25.1 Å². The maximum atomic E-state index is 12.4. The number of H-pyrrole nitrogens is 2. The van der Waals surface area contributed by atoms with Crippen LogP contribution in [0.3, 0.4) is 0 Å². The lowest BCUT2D eigenvalue weighted by Gasteiger charge is -2.38. The number of carbonyl (C=O) groups is 1. The summed E-state index contributed by atoms with van der Waals surface area (Å²) in [6.45, 7) is 6.61. The highest BCUT2D eigenvalue weighted by atomic mass is 16.5. The van der Waals surface area contributed by atoms with Crippen molar-refractivity contribution in [3.63, 3.8) is 0 Å². The molecule has 0 unspecified atom stereocenters. The first-order chi connectivity index (χ1) is 11.9. The van der Waals surface area contributed by atoms with Gasteiger partial charge in [-0.05, 0) is 14.0 Å². The van der Waals surface area contributed by atoms with Crippen molar-refractivity contribution >= 4 is 5.91 Å². The first kappa shape index (κ1) is 17.8. The number of hydrogen-bond donors (Lipinski definition) is 3. The molecule has 138 valence electrons. The number of hydrogen-bond acceptors (Lipinski definition) is 6. The second-order valence-electron chi connectivity index (χ2n) is 6.81. The summed E-state index contributed by atoms with van der Waals surface area (Å²) in [5.74, 6) is -0.240. The zero-order valence-electron chi connectivity index (χ0n) is 14.6. The Morgan fingerprint density at radius 2 is 1.92 bits per heavy atom. The number of ether oxygens (including phenoxy) is 1. The van der Waals surface area contributed by atoms with E-state index in [0.29, 0.717) is 18.9 Å². The van der Waals surface area contributed by atoms with Crippen molar-refractivity contribution in [3.8, 4) is 0 Å². The molecule has 0 spiro atoms. The van der Waals surface area contributed by atoms with Crippen molar-refractivity contribution < 1.29 is 9.53 Å². The Balaban J connectivity index is 1.62. The van der Waals surface area contributed by atoms with Gasteiger partial charge in [0.2, 0.25) is 5.91 Å². The van der Waals surface area contributed by atoms with Crippen LogP contribution in [-0.4, -0.2) is 84.2 Å².